The average molecular weight is 527 g/mol. The van der Waals surface area contributed by atoms with E-state index in [9.17, 15) is 14.0 Å². The summed E-state index contributed by atoms with van der Waals surface area (Å²) >= 11 is 0. The fourth-order valence-corrected chi connectivity index (χ4v) is 5.22. The Morgan fingerprint density at radius 1 is 1.15 bits per heavy atom. The molecule has 1 aliphatic carbocycles. The molecule has 1 aliphatic rings. The highest BCUT2D eigenvalue weighted by Crippen LogP contribution is 2.35. The summed E-state index contributed by atoms with van der Waals surface area (Å²) < 4.78 is 23.1. The predicted molar refractivity (Wildman–Crippen MR) is 149 cm³/mol. The van der Waals surface area contributed by atoms with Crippen LogP contribution in [0.1, 0.15) is 68.1 Å². The van der Waals surface area contributed by atoms with Crippen LogP contribution in [0.4, 0.5) is 9.18 Å². The first kappa shape index (κ1) is 26.2. The largest absolute Gasteiger partial charge is 0.444 e. The first-order valence-electron chi connectivity index (χ1n) is 13.0. The van der Waals surface area contributed by atoms with Crippen molar-refractivity contribution in [2.75, 3.05) is 0 Å². The van der Waals surface area contributed by atoms with Crippen LogP contribution in [0, 0.1) is 17.7 Å². The zero-order valence-corrected chi connectivity index (χ0v) is 22.8. The number of rotatable bonds is 3. The smallest absolute Gasteiger partial charge is 0.408 e. The van der Waals surface area contributed by atoms with Gasteiger partial charge in [0.1, 0.15) is 11.4 Å². The van der Waals surface area contributed by atoms with Crippen LogP contribution < -0.4 is 10.9 Å². The van der Waals surface area contributed by atoms with Crippen LogP contribution in [0.15, 0.2) is 53.6 Å². The molecule has 0 saturated carbocycles. The molecule has 1 atom stereocenters. The maximum atomic E-state index is 14.4. The van der Waals surface area contributed by atoms with Crippen molar-refractivity contribution in [1.82, 2.24) is 19.7 Å². The van der Waals surface area contributed by atoms with E-state index in [1.807, 2.05) is 32.3 Å². The first-order chi connectivity index (χ1) is 18.5. The summed E-state index contributed by atoms with van der Waals surface area (Å²) in [7, 11) is 1.82. The number of pyridine rings is 1. The number of ether oxygens (including phenoxy) is 1. The van der Waals surface area contributed by atoms with E-state index >= 15 is 0 Å². The second kappa shape index (κ2) is 10.1. The van der Waals surface area contributed by atoms with Crippen LogP contribution in [0.5, 0.6) is 0 Å². The van der Waals surface area contributed by atoms with Gasteiger partial charge in [0.15, 0.2) is 0 Å². The van der Waals surface area contributed by atoms with Gasteiger partial charge in [-0.1, -0.05) is 24.0 Å². The second-order valence-corrected chi connectivity index (χ2v) is 10.9. The van der Waals surface area contributed by atoms with E-state index in [1.54, 1.807) is 43.8 Å². The Bertz CT molecular complexity index is 1720. The Hall–Kier alpha value is -4.38. The predicted octanol–water partition coefficient (Wildman–Crippen LogP) is 5.34. The number of halogens is 1. The summed E-state index contributed by atoms with van der Waals surface area (Å²) in [6.07, 6.45) is 5.31. The highest BCUT2D eigenvalue weighted by molar-refractivity contribution is 5.94. The molecule has 0 unspecified atom stereocenters. The summed E-state index contributed by atoms with van der Waals surface area (Å²) in [5, 5.41) is 8.43. The number of hydrogen-bond acceptors (Lipinski definition) is 4. The number of benzene rings is 2. The van der Waals surface area contributed by atoms with Crippen LogP contribution in [0.3, 0.4) is 0 Å². The van der Waals surface area contributed by atoms with Crippen molar-refractivity contribution in [3.63, 3.8) is 0 Å². The molecule has 1 N–H and O–H groups in total. The van der Waals surface area contributed by atoms with Crippen LogP contribution in [-0.2, 0) is 24.6 Å². The average Bonchev–Trinajstić information content (AvgIpc) is 3.28. The molecule has 0 aliphatic heterocycles. The lowest BCUT2D eigenvalue weighted by atomic mass is 9.85. The van der Waals surface area contributed by atoms with Gasteiger partial charge in [-0.05, 0) is 87.7 Å². The molecule has 39 heavy (non-hydrogen) atoms. The Labute approximate surface area is 226 Å². The topological polar surface area (TPSA) is 78.2 Å². The summed E-state index contributed by atoms with van der Waals surface area (Å²) in [4.78, 5) is 27.1. The first-order valence-corrected chi connectivity index (χ1v) is 13.0. The standard InChI is InChI=1S/C31H31FN4O3/c1-19(34-30(38)39-31(2,3)4)28-25-11-6-8-21-14-15-22(13-12-20-17-33-35(5)18-20)27(26(21)25)29(37)36(28)24-10-7-9-23(32)16-24/h7,9-10,14-19H,6,8,11H2,1-5H3,(H,34,38)/t19-/m0/s1. The van der Waals surface area contributed by atoms with Crippen LogP contribution in [-0.4, -0.2) is 26.0 Å². The molecule has 5 rings (SSSR count). The van der Waals surface area contributed by atoms with E-state index < -0.39 is 23.6 Å². The highest BCUT2D eigenvalue weighted by atomic mass is 19.1. The minimum absolute atomic E-state index is 0.313. The zero-order chi connectivity index (χ0) is 27.9. The monoisotopic (exact) mass is 526 g/mol. The molecule has 0 bridgehead atoms. The number of carbonyl (C=O) groups is 1. The SMILES string of the molecule is C[C@H](NC(=O)OC(C)(C)C)c1c2c3c(ccc(C#Cc4cnn(C)c4)c3c(=O)n1-c1cccc(F)c1)CCC2. The number of aromatic nitrogens is 3. The number of carbonyl (C=O) groups excluding carboxylic acids is 1. The Balaban J connectivity index is 1.78. The quantitative estimate of drug-likeness (QED) is 0.366. The molecule has 2 aromatic carbocycles. The van der Waals surface area contributed by atoms with E-state index in [2.05, 4.69) is 22.3 Å². The third-order valence-corrected chi connectivity index (χ3v) is 6.69. The summed E-state index contributed by atoms with van der Waals surface area (Å²) in [6.45, 7) is 7.19. The lowest BCUT2D eigenvalue weighted by Crippen LogP contribution is -2.37. The summed E-state index contributed by atoms with van der Waals surface area (Å²) in [6, 6.07) is 9.26. The fourth-order valence-electron chi connectivity index (χ4n) is 5.22. The van der Waals surface area contributed by atoms with Gasteiger partial charge in [-0.3, -0.25) is 14.0 Å². The minimum Gasteiger partial charge on any atom is -0.444 e. The number of nitrogens with one attached hydrogen (secondary N) is 1. The van der Waals surface area contributed by atoms with E-state index in [4.69, 9.17) is 4.74 Å². The third kappa shape index (κ3) is 5.30. The van der Waals surface area contributed by atoms with E-state index in [0.717, 1.165) is 34.9 Å². The van der Waals surface area contributed by atoms with Crippen molar-refractivity contribution in [3.05, 3.63) is 92.9 Å². The van der Waals surface area contributed by atoms with Gasteiger partial charge in [0.2, 0.25) is 0 Å². The van der Waals surface area contributed by atoms with Gasteiger partial charge in [0.05, 0.1) is 34.6 Å². The van der Waals surface area contributed by atoms with Crippen molar-refractivity contribution in [2.24, 2.45) is 7.05 Å². The molecule has 0 spiro atoms. The van der Waals surface area contributed by atoms with Crippen molar-refractivity contribution in [2.45, 2.75) is 58.6 Å². The van der Waals surface area contributed by atoms with Crippen LogP contribution in [0.25, 0.3) is 16.5 Å². The fraction of sp³-hybridized carbons (Fsp3) is 0.323. The lowest BCUT2D eigenvalue weighted by molar-refractivity contribution is 0.0506. The van der Waals surface area contributed by atoms with Crippen molar-refractivity contribution in [3.8, 4) is 17.5 Å². The lowest BCUT2D eigenvalue weighted by Gasteiger charge is -2.29. The van der Waals surface area contributed by atoms with Gasteiger partial charge in [0, 0.05) is 18.8 Å². The van der Waals surface area contributed by atoms with E-state index in [0.29, 0.717) is 28.8 Å². The molecule has 200 valence electrons. The molecule has 2 aromatic heterocycles. The molecule has 4 aromatic rings. The Morgan fingerprint density at radius 2 is 1.95 bits per heavy atom. The molecule has 0 saturated heterocycles. The molecule has 0 fully saturated rings. The molecular weight excluding hydrogens is 495 g/mol. The van der Waals surface area contributed by atoms with Crippen molar-refractivity contribution >= 4 is 16.9 Å². The van der Waals surface area contributed by atoms with Gasteiger partial charge in [0.25, 0.3) is 5.56 Å². The number of nitrogens with zero attached hydrogens (tertiary/aromatic N) is 3. The Morgan fingerprint density at radius 3 is 2.64 bits per heavy atom. The molecule has 8 heteroatoms. The van der Waals surface area contributed by atoms with Gasteiger partial charge in [-0.25, -0.2) is 9.18 Å². The van der Waals surface area contributed by atoms with Crippen LogP contribution in [0.2, 0.25) is 0 Å². The number of hydrogen-bond donors (Lipinski definition) is 1. The van der Waals surface area contributed by atoms with E-state index in [1.165, 1.54) is 16.7 Å². The molecular formula is C31H31FN4O3. The van der Waals surface area contributed by atoms with Crippen LogP contribution >= 0.6 is 0 Å². The van der Waals surface area contributed by atoms with Gasteiger partial charge < -0.3 is 10.1 Å². The minimum atomic E-state index is -0.682. The number of alkyl carbamates (subject to hydrolysis) is 1. The Kier molecular flexibility index (Phi) is 6.77. The van der Waals surface area contributed by atoms with Gasteiger partial charge >= 0.3 is 6.09 Å². The normalized spacial score (nSPS) is 13.5. The van der Waals surface area contributed by atoms with Gasteiger partial charge in [-0.15, -0.1) is 0 Å². The van der Waals surface area contributed by atoms with Crippen molar-refractivity contribution < 1.29 is 13.9 Å². The summed E-state index contributed by atoms with van der Waals surface area (Å²) in [5.74, 6) is 5.83. The molecule has 2 heterocycles. The maximum Gasteiger partial charge on any atom is 0.408 e. The van der Waals surface area contributed by atoms with E-state index in [-0.39, 0.29) is 5.56 Å². The second-order valence-electron chi connectivity index (χ2n) is 10.9. The molecule has 0 radical (unpaired) electrons. The highest BCUT2D eigenvalue weighted by Gasteiger charge is 2.28. The van der Waals surface area contributed by atoms with Crippen molar-refractivity contribution in [1.29, 1.82) is 0 Å². The maximum absolute atomic E-state index is 14.4. The van der Waals surface area contributed by atoms with Gasteiger partial charge in [-0.2, -0.15) is 5.10 Å². The molecule has 7 nitrogen and oxygen atoms in total. The number of aryl methyl sites for hydroxylation is 3. The zero-order valence-electron chi connectivity index (χ0n) is 22.8. The number of amides is 1. The summed E-state index contributed by atoms with van der Waals surface area (Å²) in [5.41, 5.74) is 3.34. The third-order valence-electron chi connectivity index (χ3n) is 6.69. The molecule has 1 amide bonds.